The summed E-state index contributed by atoms with van der Waals surface area (Å²) < 4.78 is 5.02. The molecule has 0 aromatic carbocycles. The number of ether oxygens (including phenoxy) is 1. The largest absolute Gasteiger partial charge is 0.481 e. The first-order chi connectivity index (χ1) is 8.04. The molecule has 0 aromatic rings. The molecule has 0 radical (unpaired) electrons. The number of carbonyl (C=O) groups excluding carboxylic acids is 1. The van der Waals surface area contributed by atoms with Crippen molar-refractivity contribution in [1.29, 1.82) is 0 Å². The van der Waals surface area contributed by atoms with Crippen molar-refractivity contribution >= 4 is 11.9 Å². The number of carbonyl (C=O) groups is 2. The standard InChI is InChI=1S/C11H22O2.C2H4O2/c1-3-5-6-7-8-10-13-11(12)9-4-2;1-2(3)4/h3-10H2,1-2H3;1H3,(H,3,4). The molecule has 0 aliphatic carbocycles. The molecule has 0 aromatic heterocycles. The van der Waals surface area contributed by atoms with Gasteiger partial charge in [0.15, 0.2) is 0 Å². The first-order valence-corrected chi connectivity index (χ1v) is 6.39. The van der Waals surface area contributed by atoms with Gasteiger partial charge < -0.3 is 9.84 Å². The van der Waals surface area contributed by atoms with Gasteiger partial charge in [-0.25, -0.2) is 0 Å². The van der Waals surface area contributed by atoms with Crippen LogP contribution in [0.15, 0.2) is 0 Å². The van der Waals surface area contributed by atoms with Crippen LogP contribution in [-0.4, -0.2) is 23.7 Å². The third-order valence-corrected chi connectivity index (χ3v) is 1.97. The van der Waals surface area contributed by atoms with E-state index in [1.54, 1.807) is 0 Å². The fourth-order valence-corrected chi connectivity index (χ4v) is 1.17. The Labute approximate surface area is 104 Å². The van der Waals surface area contributed by atoms with Gasteiger partial charge in [0.05, 0.1) is 6.61 Å². The van der Waals surface area contributed by atoms with E-state index < -0.39 is 5.97 Å². The summed E-state index contributed by atoms with van der Waals surface area (Å²) in [5, 5.41) is 7.42. The van der Waals surface area contributed by atoms with Crippen molar-refractivity contribution in [2.45, 2.75) is 65.7 Å². The Hall–Kier alpha value is -1.06. The molecular formula is C13H26O4. The van der Waals surface area contributed by atoms with E-state index in [9.17, 15) is 4.79 Å². The molecular weight excluding hydrogens is 220 g/mol. The van der Waals surface area contributed by atoms with E-state index in [4.69, 9.17) is 14.6 Å². The van der Waals surface area contributed by atoms with E-state index in [1.165, 1.54) is 25.7 Å². The Morgan fingerprint density at radius 1 is 1.00 bits per heavy atom. The molecule has 0 spiro atoms. The van der Waals surface area contributed by atoms with Gasteiger partial charge in [-0.15, -0.1) is 0 Å². The van der Waals surface area contributed by atoms with E-state index in [0.717, 1.165) is 19.8 Å². The first-order valence-electron chi connectivity index (χ1n) is 6.39. The zero-order valence-electron chi connectivity index (χ0n) is 11.3. The zero-order valence-corrected chi connectivity index (χ0v) is 11.3. The van der Waals surface area contributed by atoms with Gasteiger partial charge in [0.25, 0.3) is 5.97 Å². The van der Waals surface area contributed by atoms with Crippen LogP contribution in [0.25, 0.3) is 0 Å². The maximum atomic E-state index is 10.9. The van der Waals surface area contributed by atoms with Crippen LogP contribution in [0.1, 0.15) is 65.7 Å². The second kappa shape index (κ2) is 14.9. The van der Waals surface area contributed by atoms with Crippen molar-refractivity contribution in [3.8, 4) is 0 Å². The molecule has 0 saturated carbocycles. The molecule has 0 aliphatic rings. The normalized spacial score (nSPS) is 9.12. The summed E-state index contributed by atoms with van der Waals surface area (Å²) in [6, 6.07) is 0. The van der Waals surface area contributed by atoms with Gasteiger partial charge in [-0.3, -0.25) is 9.59 Å². The van der Waals surface area contributed by atoms with Crippen LogP contribution in [0, 0.1) is 0 Å². The SMILES string of the molecule is CC(=O)O.CCCCCCCOC(=O)CCC. The number of carboxylic acids is 1. The molecule has 102 valence electrons. The number of unbranched alkanes of at least 4 members (excludes halogenated alkanes) is 4. The summed E-state index contributed by atoms with van der Waals surface area (Å²) in [5.41, 5.74) is 0. The molecule has 0 atom stereocenters. The topological polar surface area (TPSA) is 63.6 Å². The Bertz CT molecular complexity index is 186. The molecule has 0 bridgehead atoms. The Balaban J connectivity index is 0. The third kappa shape index (κ3) is 25.3. The highest BCUT2D eigenvalue weighted by Crippen LogP contribution is 2.02. The second-order valence-electron chi connectivity index (χ2n) is 3.90. The first kappa shape index (κ1) is 18.3. The van der Waals surface area contributed by atoms with Crippen LogP contribution < -0.4 is 0 Å². The lowest BCUT2D eigenvalue weighted by Gasteiger charge is -2.03. The summed E-state index contributed by atoms with van der Waals surface area (Å²) in [7, 11) is 0. The second-order valence-corrected chi connectivity index (χ2v) is 3.90. The molecule has 1 N–H and O–H groups in total. The highest BCUT2D eigenvalue weighted by Gasteiger charge is 1.98. The van der Waals surface area contributed by atoms with Gasteiger partial charge in [-0.05, 0) is 12.8 Å². The summed E-state index contributed by atoms with van der Waals surface area (Å²) in [6.07, 6.45) is 7.48. The predicted molar refractivity (Wildman–Crippen MR) is 67.9 cm³/mol. The van der Waals surface area contributed by atoms with Crippen LogP contribution in [0.2, 0.25) is 0 Å². The predicted octanol–water partition coefficient (Wildman–Crippen LogP) is 3.39. The Kier molecular flexibility index (Phi) is 16.1. The highest BCUT2D eigenvalue weighted by atomic mass is 16.5. The molecule has 4 nitrogen and oxygen atoms in total. The van der Waals surface area contributed by atoms with Crippen molar-refractivity contribution < 1.29 is 19.4 Å². The monoisotopic (exact) mass is 246 g/mol. The summed E-state index contributed by atoms with van der Waals surface area (Å²) in [6.45, 7) is 5.88. The van der Waals surface area contributed by atoms with Crippen LogP contribution in [-0.2, 0) is 14.3 Å². The number of hydrogen-bond acceptors (Lipinski definition) is 3. The summed E-state index contributed by atoms with van der Waals surface area (Å²) in [5.74, 6) is -0.877. The molecule has 0 rings (SSSR count). The molecule has 0 aliphatic heterocycles. The van der Waals surface area contributed by atoms with Crippen molar-refractivity contribution in [2.24, 2.45) is 0 Å². The minimum atomic E-state index is -0.833. The number of hydrogen-bond donors (Lipinski definition) is 1. The molecule has 4 heteroatoms. The van der Waals surface area contributed by atoms with Gasteiger partial charge >= 0.3 is 5.97 Å². The maximum Gasteiger partial charge on any atom is 0.305 e. The lowest BCUT2D eigenvalue weighted by Crippen LogP contribution is -2.04. The van der Waals surface area contributed by atoms with E-state index in [2.05, 4.69) is 6.92 Å². The molecule has 0 heterocycles. The number of carboxylic acid groups (broad SMARTS) is 1. The van der Waals surface area contributed by atoms with Gasteiger partial charge in [0.2, 0.25) is 0 Å². The van der Waals surface area contributed by atoms with E-state index in [-0.39, 0.29) is 5.97 Å². The van der Waals surface area contributed by atoms with Crippen LogP contribution in [0.4, 0.5) is 0 Å². The van der Waals surface area contributed by atoms with Crippen LogP contribution >= 0.6 is 0 Å². The molecule has 0 unspecified atom stereocenters. The van der Waals surface area contributed by atoms with Gasteiger partial charge in [-0.1, -0.05) is 39.5 Å². The van der Waals surface area contributed by atoms with Gasteiger partial charge in [0, 0.05) is 13.3 Å². The van der Waals surface area contributed by atoms with Crippen LogP contribution in [0.5, 0.6) is 0 Å². The Morgan fingerprint density at radius 3 is 2.00 bits per heavy atom. The van der Waals surface area contributed by atoms with Crippen LogP contribution in [0.3, 0.4) is 0 Å². The molecule has 0 amide bonds. The van der Waals surface area contributed by atoms with Crippen molar-refractivity contribution in [1.82, 2.24) is 0 Å². The Morgan fingerprint density at radius 2 is 1.53 bits per heavy atom. The molecule has 0 fully saturated rings. The van der Waals surface area contributed by atoms with Gasteiger partial charge in [-0.2, -0.15) is 0 Å². The van der Waals surface area contributed by atoms with E-state index in [1.807, 2.05) is 6.92 Å². The fraction of sp³-hybridized carbons (Fsp3) is 0.846. The lowest BCUT2D eigenvalue weighted by molar-refractivity contribution is -0.143. The average Bonchev–Trinajstić information content (AvgIpc) is 2.23. The average molecular weight is 246 g/mol. The van der Waals surface area contributed by atoms with Crippen molar-refractivity contribution in [3.63, 3.8) is 0 Å². The molecule has 17 heavy (non-hydrogen) atoms. The quantitative estimate of drug-likeness (QED) is 0.526. The summed E-state index contributed by atoms with van der Waals surface area (Å²) >= 11 is 0. The van der Waals surface area contributed by atoms with E-state index >= 15 is 0 Å². The van der Waals surface area contributed by atoms with Crippen molar-refractivity contribution in [3.05, 3.63) is 0 Å². The van der Waals surface area contributed by atoms with Crippen molar-refractivity contribution in [2.75, 3.05) is 6.61 Å². The summed E-state index contributed by atoms with van der Waals surface area (Å²) in [4.78, 5) is 19.9. The zero-order chi connectivity index (χ0) is 13.5. The smallest absolute Gasteiger partial charge is 0.305 e. The number of esters is 1. The van der Waals surface area contributed by atoms with E-state index in [0.29, 0.717) is 13.0 Å². The fourth-order valence-electron chi connectivity index (χ4n) is 1.17. The van der Waals surface area contributed by atoms with Gasteiger partial charge in [0.1, 0.15) is 0 Å². The maximum absolute atomic E-state index is 10.9. The minimum absolute atomic E-state index is 0.0435. The third-order valence-electron chi connectivity index (χ3n) is 1.97. The number of rotatable bonds is 8. The minimum Gasteiger partial charge on any atom is -0.481 e. The highest BCUT2D eigenvalue weighted by molar-refractivity contribution is 5.69. The number of aliphatic carboxylic acids is 1. The molecule has 0 saturated heterocycles. The lowest BCUT2D eigenvalue weighted by atomic mass is 10.2.